The summed E-state index contributed by atoms with van der Waals surface area (Å²) in [6, 6.07) is 24.8. The predicted molar refractivity (Wildman–Crippen MR) is 185 cm³/mol. The summed E-state index contributed by atoms with van der Waals surface area (Å²) < 4.78 is 41.6. The number of halogens is 1. The molecule has 0 atom stereocenters. The molecule has 3 heterocycles. The van der Waals surface area contributed by atoms with Crippen LogP contribution in [0.25, 0.3) is 22.2 Å². The van der Waals surface area contributed by atoms with Gasteiger partial charge in [-0.25, -0.2) is 4.98 Å². The zero-order valence-corrected chi connectivity index (χ0v) is 28.5. The standard InChI is InChI=1S/C35H38BrN5O4S/c1-26-10-13-29(14-11-26)46(42,43)41-32-24-37-34(36)23-30(32)35(38-41)28-12-15-31(40-18-16-39(2)17-19-40)33(22-28)45-21-7-6-20-44-25-27-8-4-3-5-9-27/h3-5,8-15,22-24H,6-7,16-21,25H2,1-2H3. The minimum absolute atomic E-state index is 0.166. The molecule has 3 aromatic carbocycles. The summed E-state index contributed by atoms with van der Waals surface area (Å²) in [7, 11) is -1.84. The highest BCUT2D eigenvalue weighted by molar-refractivity contribution is 9.10. The van der Waals surface area contributed by atoms with Crippen molar-refractivity contribution in [1.29, 1.82) is 0 Å². The van der Waals surface area contributed by atoms with E-state index in [4.69, 9.17) is 14.6 Å². The van der Waals surface area contributed by atoms with E-state index in [1.807, 2.05) is 43.3 Å². The second-order valence-electron chi connectivity index (χ2n) is 11.6. The van der Waals surface area contributed by atoms with Crippen LogP contribution in [0, 0.1) is 6.92 Å². The number of hydrogen-bond donors (Lipinski definition) is 0. The number of rotatable bonds is 12. The molecule has 1 aliphatic heterocycles. The first-order valence-electron chi connectivity index (χ1n) is 15.5. The summed E-state index contributed by atoms with van der Waals surface area (Å²) in [6.45, 7) is 7.43. The van der Waals surface area contributed by atoms with Gasteiger partial charge in [-0.2, -0.15) is 17.6 Å². The SMILES string of the molecule is Cc1ccc(S(=O)(=O)n2nc(-c3ccc(N4CCN(C)CC4)c(OCCCCOCc4ccccc4)c3)c3cc(Br)ncc32)cc1. The van der Waals surface area contributed by atoms with Gasteiger partial charge in [0.05, 0.1) is 30.0 Å². The number of unbranched alkanes of at least 4 members (excludes halogenated alkanes) is 1. The van der Waals surface area contributed by atoms with E-state index in [1.165, 1.54) is 6.20 Å². The van der Waals surface area contributed by atoms with Crippen LogP contribution in [-0.4, -0.2) is 73.9 Å². The predicted octanol–water partition coefficient (Wildman–Crippen LogP) is 6.53. The van der Waals surface area contributed by atoms with Gasteiger partial charge in [0.2, 0.25) is 0 Å². The fraction of sp³-hybridized carbons (Fsp3) is 0.314. The van der Waals surface area contributed by atoms with E-state index in [0.717, 1.165) is 71.2 Å². The lowest BCUT2D eigenvalue weighted by Gasteiger charge is -2.35. The van der Waals surface area contributed by atoms with E-state index in [1.54, 1.807) is 24.3 Å². The maximum atomic E-state index is 13.8. The number of aryl methyl sites for hydroxylation is 1. The molecule has 240 valence electrons. The van der Waals surface area contributed by atoms with Crippen LogP contribution in [0.4, 0.5) is 5.69 Å². The third-order valence-electron chi connectivity index (χ3n) is 8.18. The molecular formula is C35H38BrN5O4S. The number of benzene rings is 3. The van der Waals surface area contributed by atoms with Gasteiger partial charge in [0.25, 0.3) is 10.0 Å². The number of ether oxygens (including phenoxy) is 2. The Hall–Kier alpha value is -3.77. The number of aromatic nitrogens is 3. The van der Waals surface area contributed by atoms with Gasteiger partial charge >= 0.3 is 0 Å². The average molecular weight is 705 g/mol. The fourth-order valence-electron chi connectivity index (χ4n) is 5.51. The van der Waals surface area contributed by atoms with Crippen LogP contribution in [0.5, 0.6) is 5.75 Å². The molecule has 46 heavy (non-hydrogen) atoms. The van der Waals surface area contributed by atoms with Crippen molar-refractivity contribution in [1.82, 2.24) is 19.1 Å². The van der Waals surface area contributed by atoms with E-state index >= 15 is 0 Å². The van der Waals surface area contributed by atoms with Gasteiger partial charge in [0.1, 0.15) is 21.6 Å². The summed E-state index contributed by atoms with van der Waals surface area (Å²) in [5.41, 5.74) is 4.87. The fourth-order valence-corrected chi connectivity index (χ4v) is 7.11. The van der Waals surface area contributed by atoms with Gasteiger partial charge in [-0.15, -0.1) is 0 Å². The Bertz CT molecular complexity index is 1890. The number of piperazine rings is 1. The van der Waals surface area contributed by atoms with Gasteiger partial charge in [-0.05, 0) is 78.6 Å². The molecule has 2 aromatic heterocycles. The molecule has 0 amide bonds. The molecule has 0 spiro atoms. The van der Waals surface area contributed by atoms with E-state index in [2.05, 4.69) is 56.0 Å². The summed E-state index contributed by atoms with van der Waals surface area (Å²) >= 11 is 3.46. The normalized spacial score (nSPS) is 14.2. The maximum Gasteiger partial charge on any atom is 0.283 e. The zero-order chi connectivity index (χ0) is 32.1. The summed E-state index contributed by atoms with van der Waals surface area (Å²) in [6.07, 6.45) is 3.26. The first-order chi connectivity index (χ1) is 22.3. The van der Waals surface area contributed by atoms with Crippen molar-refractivity contribution in [3.63, 3.8) is 0 Å². The van der Waals surface area contributed by atoms with E-state index < -0.39 is 10.0 Å². The molecular weight excluding hydrogens is 666 g/mol. The number of nitrogens with zero attached hydrogens (tertiary/aromatic N) is 5. The Balaban J connectivity index is 1.27. The van der Waals surface area contributed by atoms with Gasteiger partial charge in [-0.3, -0.25) is 0 Å². The lowest BCUT2D eigenvalue weighted by Crippen LogP contribution is -2.44. The topological polar surface area (TPSA) is 89.8 Å². The van der Waals surface area contributed by atoms with Crippen LogP contribution in [0.3, 0.4) is 0 Å². The van der Waals surface area contributed by atoms with Crippen molar-refractivity contribution >= 4 is 42.5 Å². The molecule has 11 heteroatoms. The number of fused-ring (bicyclic) bond motifs is 1. The Kier molecular flexibility index (Phi) is 10.0. The van der Waals surface area contributed by atoms with E-state index in [-0.39, 0.29) is 4.90 Å². The second-order valence-corrected chi connectivity index (χ2v) is 14.2. The molecule has 9 nitrogen and oxygen atoms in total. The van der Waals surface area contributed by atoms with Crippen LogP contribution in [-0.2, 0) is 21.4 Å². The van der Waals surface area contributed by atoms with Crippen LogP contribution in [0.2, 0.25) is 0 Å². The van der Waals surface area contributed by atoms with Crippen molar-refractivity contribution in [2.75, 3.05) is 51.3 Å². The summed E-state index contributed by atoms with van der Waals surface area (Å²) in [5, 5.41) is 5.37. The summed E-state index contributed by atoms with van der Waals surface area (Å²) in [5.74, 6) is 0.754. The third kappa shape index (κ3) is 7.28. The van der Waals surface area contributed by atoms with Crippen LogP contribution < -0.4 is 9.64 Å². The largest absolute Gasteiger partial charge is 0.491 e. The maximum absolute atomic E-state index is 13.8. The van der Waals surface area contributed by atoms with Crippen molar-refractivity contribution in [2.45, 2.75) is 31.3 Å². The molecule has 0 saturated carbocycles. The summed E-state index contributed by atoms with van der Waals surface area (Å²) in [4.78, 5) is 9.16. The molecule has 1 saturated heterocycles. The van der Waals surface area contributed by atoms with Crippen LogP contribution in [0.1, 0.15) is 24.0 Å². The molecule has 1 aliphatic rings. The minimum atomic E-state index is -3.97. The third-order valence-corrected chi connectivity index (χ3v) is 10.2. The van der Waals surface area contributed by atoms with Crippen LogP contribution >= 0.6 is 15.9 Å². The van der Waals surface area contributed by atoms with Gasteiger partial charge in [-0.1, -0.05) is 54.1 Å². The van der Waals surface area contributed by atoms with Crippen molar-refractivity contribution in [3.8, 4) is 17.0 Å². The second kappa shape index (κ2) is 14.3. The molecule has 5 aromatic rings. The van der Waals surface area contributed by atoms with Gasteiger partial charge < -0.3 is 19.3 Å². The van der Waals surface area contributed by atoms with Gasteiger partial charge in [0, 0.05) is 43.7 Å². The Morgan fingerprint density at radius 1 is 0.891 bits per heavy atom. The van der Waals surface area contributed by atoms with Gasteiger partial charge in [0.15, 0.2) is 0 Å². The van der Waals surface area contributed by atoms with E-state index in [9.17, 15) is 8.42 Å². The van der Waals surface area contributed by atoms with Crippen molar-refractivity contribution in [3.05, 3.63) is 101 Å². The molecule has 0 unspecified atom stereocenters. The van der Waals surface area contributed by atoms with Crippen molar-refractivity contribution in [2.24, 2.45) is 0 Å². The molecule has 0 radical (unpaired) electrons. The highest BCUT2D eigenvalue weighted by atomic mass is 79.9. The molecule has 0 N–H and O–H groups in total. The Labute approximate surface area is 278 Å². The highest BCUT2D eigenvalue weighted by Crippen LogP contribution is 2.37. The van der Waals surface area contributed by atoms with Crippen LogP contribution in [0.15, 0.2) is 94.6 Å². The zero-order valence-electron chi connectivity index (χ0n) is 26.1. The molecule has 1 fully saturated rings. The number of hydrogen-bond acceptors (Lipinski definition) is 8. The first kappa shape index (κ1) is 32.2. The quantitative estimate of drug-likeness (QED) is 0.107. The Morgan fingerprint density at radius 2 is 1.63 bits per heavy atom. The minimum Gasteiger partial charge on any atom is -0.491 e. The lowest BCUT2D eigenvalue weighted by atomic mass is 10.1. The Morgan fingerprint density at radius 3 is 2.39 bits per heavy atom. The first-order valence-corrected chi connectivity index (χ1v) is 17.7. The number of pyridine rings is 1. The number of anilines is 1. The smallest absolute Gasteiger partial charge is 0.283 e. The monoisotopic (exact) mass is 703 g/mol. The highest BCUT2D eigenvalue weighted by Gasteiger charge is 2.25. The van der Waals surface area contributed by atoms with E-state index in [0.29, 0.717) is 41.0 Å². The van der Waals surface area contributed by atoms with Crippen molar-refractivity contribution < 1.29 is 17.9 Å². The average Bonchev–Trinajstić information content (AvgIpc) is 3.45. The molecule has 6 rings (SSSR count). The number of likely N-dealkylation sites (N-methyl/N-ethyl adjacent to an activating group) is 1. The molecule has 0 aliphatic carbocycles. The molecule has 0 bridgehead atoms. The lowest BCUT2D eigenvalue weighted by molar-refractivity contribution is 0.113.